The average Bonchev–Trinajstić information content (AvgIpc) is 2.82. The van der Waals surface area contributed by atoms with Crippen molar-refractivity contribution in [2.24, 2.45) is 5.92 Å². The van der Waals surface area contributed by atoms with Crippen molar-refractivity contribution in [3.05, 3.63) is 29.8 Å². The van der Waals surface area contributed by atoms with Crippen molar-refractivity contribution in [1.29, 1.82) is 0 Å². The van der Waals surface area contributed by atoms with Crippen LogP contribution in [-0.2, 0) is 0 Å². The lowest BCUT2D eigenvalue weighted by atomic mass is 10.1. The van der Waals surface area contributed by atoms with Crippen LogP contribution in [0.25, 0.3) is 0 Å². The predicted octanol–water partition coefficient (Wildman–Crippen LogP) is 2.12. The Morgan fingerprint density at radius 1 is 1.50 bits per heavy atom. The normalized spacial score (nSPS) is 18.6. The monoisotopic (exact) mass is 247 g/mol. The van der Waals surface area contributed by atoms with Crippen LogP contribution in [0.4, 0.5) is 10.5 Å². The maximum Gasteiger partial charge on any atom is 0.319 e. The van der Waals surface area contributed by atoms with Crippen LogP contribution in [0.5, 0.6) is 0 Å². The topological polar surface area (TPSA) is 53.2 Å². The first-order valence-electron chi connectivity index (χ1n) is 6.56. The summed E-state index contributed by atoms with van der Waals surface area (Å²) in [5.41, 5.74) is 1.99. The summed E-state index contributed by atoms with van der Waals surface area (Å²) in [5, 5.41) is 9.07. The molecule has 2 rings (SSSR count). The molecular weight excluding hydrogens is 226 g/mol. The van der Waals surface area contributed by atoms with Gasteiger partial charge in [-0.05, 0) is 56.5 Å². The molecule has 0 saturated carbocycles. The summed E-state index contributed by atoms with van der Waals surface area (Å²) in [5.74, 6) is 0.712. The van der Waals surface area contributed by atoms with Gasteiger partial charge in [0.15, 0.2) is 0 Å². The third-order valence-electron chi connectivity index (χ3n) is 3.28. The van der Waals surface area contributed by atoms with E-state index in [4.69, 9.17) is 0 Å². The van der Waals surface area contributed by atoms with Crippen molar-refractivity contribution < 1.29 is 4.79 Å². The lowest BCUT2D eigenvalue weighted by Crippen LogP contribution is -2.30. The van der Waals surface area contributed by atoms with Gasteiger partial charge in [0.25, 0.3) is 0 Å². The van der Waals surface area contributed by atoms with E-state index in [1.807, 2.05) is 31.2 Å². The van der Waals surface area contributed by atoms with Gasteiger partial charge in [-0.2, -0.15) is 0 Å². The molecule has 1 heterocycles. The molecule has 1 aromatic rings. The van der Waals surface area contributed by atoms with Gasteiger partial charge < -0.3 is 16.0 Å². The average molecular weight is 247 g/mol. The molecular formula is C14H21N3O. The Labute approximate surface area is 108 Å². The van der Waals surface area contributed by atoms with Crippen molar-refractivity contribution in [1.82, 2.24) is 10.6 Å². The van der Waals surface area contributed by atoms with Crippen molar-refractivity contribution in [3.63, 3.8) is 0 Å². The van der Waals surface area contributed by atoms with Crippen LogP contribution in [0.1, 0.15) is 18.4 Å². The van der Waals surface area contributed by atoms with E-state index in [9.17, 15) is 4.79 Å². The number of amides is 2. The number of carbonyl (C=O) groups is 1. The smallest absolute Gasteiger partial charge is 0.319 e. The zero-order chi connectivity index (χ0) is 12.8. The van der Waals surface area contributed by atoms with Gasteiger partial charge in [0.1, 0.15) is 0 Å². The summed E-state index contributed by atoms with van der Waals surface area (Å²) in [7, 11) is 0. The third kappa shape index (κ3) is 4.04. The number of carbonyl (C=O) groups excluding carboxylic acids is 1. The number of rotatable bonds is 4. The zero-order valence-corrected chi connectivity index (χ0v) is 10.8. The quantitative estimate of drug-likeness (QED) is 0.763. The predicted molar refractivity (Wildman–Crippen MR) is 73.8 cm³/mol. The first-order valence-corrected chi connectivity index (χ1v) is 6.56. The van der Waals surface area contributed by atoms with Crippen LogP contribution in [-0.4, -0.2) is 25.7 Å². The SMILES string of the molecule is Cc1cccc(NC(=O)NCCC2CCNC2)c1. The third-order valence-corrected chi connectivity index (χ3v) is 3.28. The van der Waals surface area contributed by atoms with Crippen molar-refractivity contribution in [2.75, 3.05) is 25.0 Å². The molecule has 0 bridgehead atoms. The van der Waals surface area contributed by atoms with Crippen LogP contribution in [0.15, 0.2) is 24.3 Å². The Kier molecular flexibility index (Phi) is 4.59. The minimum Gasteiger partial charge on any atom is -0.338 e. The maximum absolute atomic E-state index is 11.7. The molecule has 1 fully saturated rings. The molecule has 0 aliphatic carbocycles. The molecule has 18 heavy (non-hydrogen) atoms. The molecule has 1 unspecified atom stereocenters. The largest absolute Gasteiger partial charge is 0.338 e. The highest BCUT2D eigenvalue weighted by molar-refractivity contribution is 5.89. The van der Waals surface area contributed by atoms with Gasteiger partial charge in [-0.15, -0.1) is 0 Å². The highest BCUT2D eigenvalue weighted by Crippen LogP contribution is 2.11. The van der Waals surface area contributed by atoms with Crippen molar-refractivity contribution >= 4 is 11.7 Å². The number of benzene rings is 1. The Morgan fingerprint density at radius 2 is 2.39 bits per heavy atom. The van der Waals surface area contributed by atoms with Crippen LogP contribution in [0, 0.1) is 12.8 Å². The molecule has 1 aliphatic rings. The number of aryl methyl sites for hydroxylation is 1. The number of nitrogens with one attached hydrogen (secondary N) is 3. The van der Waals surface area contributed by atoms with Crippen molar-refractivity contribution in [2.45, 2.75) is 19.8 Å². The zero-order valence-electron chi connectivity index (χ0n) is 10.8. The Hall–Kier alpha value is -1.55. The molecule has 3 N–H and O–H groups in total. The second-order valence-corrected chi connectivity index (χ2v) is 4.90. The van der Waals surface area contributed by atoms with Crippen LogP contribution in [0.3, 0.4) is 0 Å². The number of hydrogen-bond donors (Lipinski definition) is 3. The highest BCUT2D eigenvalue weighted by Gasteiger charge is 2.13. The van der Waals surface area contributed by atoms with Gasteiger partial charge in [-0.1, -0.05) is 12.1 Å². The van der Waals surface area contributed by atoms with Gasteiger partial charge in [-0.3, -0.25) is 0 Å². The Balaban J connectivity index is 1.68. The molecule has 2 amide bonds. The summed E-state index contributed by atoms with van der Waals surface area (Å²) < 4.78 is 0. The van der Waals surface area contributed by atoms with Gasteiger partial charge in [0.2, 0.25) is 0 Å². The molecule has 98 valence electrons. The standard InChI is InChI=1S/C14H21N3O/c1-11-3-2-4-13(9-11)17-14(18)16-8-6-12-5-7-15-10-12/h2-4,9,12,15H,5-8,10H2,1H3,(H2,16,17,18). The maximum atomic E-state index is 11.7. The molecule has 0 aromatic heterocycles. The molecule has 1 aliphatic heterocycles. The Bertz CT molecular complexity index is 400. The second kappa shape index (κ2) is 6.40. The van der Waals surface area contributed by atoms with E-state index in [-0.39, 0.29) is 6.03 Å². The second-order valence-electron chi connectivity index (χ2n) is 4.90. The Morgan fingerprint density at radius 3 is 3.11 bits per heavy atom. The van der Waals surface area contributed by atoms with E-state index in [0.29, 0.717) is 5.92 Å². The minimum absolute atomic E-state index is 0.119. The van der Waals surface area contributed by atoms with E-state index in [0.717, 1.165) is 37.3 Å². The van der Waals surface area contributed by atoms with Crippen LogP contribution >= 0.6 is 0 Å². The molecule has 1 saturated heterocycles. The molecule has 1 aromatic carbocycles. The van der Waals surface area contributed by atoms with E-state index < -0.39 is 0 Å². The summed E-state index contributed by atoms with van der Waals surface area (Å²) >= 11 is 0. The summed E-state index contributed by atoms with van der Waals surface area (Å²) in [6.07, 6.45) is 2.27. The van der Waals surface area contributed by atoms with Crippen molar-refractivity contribution in [3.8, 4) is 0 Å². The highest BCUT2D eigenvalue weighted by atomic mass is 16.2. The lowest BCUT2D eigenvalue weighted by molar-refractivity contribution is 0.251. The molecule has 4 heteroatoms. The molecule has 1 atom stereocenters. The van der Waals surface area contributed by atoms with Gasteiger partial charge >= 0.3 is 6.03 Å². The van der Waals surface area contributed by atoms with Gasteiger partial charge in [0, 0.05) is 12.2 Å². The first kappa shape index (κ1) is 12.9. The number of urea groups is 1. The number of hydrogen-bond acceptors (Lipinski definition) is 2. The number of anilines is 1. The van der Waals surface area contributed by atoms with Crippen LogP contribution in [0.2, 0.25) is 0 Å². The fraction of sp³-hybridized carbons (Fsp3) is 0.500. The van der Waals surface area contributed by atoms with E-state index >= 15 is 0 Å². The van der Waals surface area contributed by atoms with Gasteiger partial charge in [-0.25, -0.2) is 4.79 Å². The molecule has 0 radical (unpaired) electrons. The van der Waals surface area contributed by atoms with Gasteiger partial charge in [0.05, 0.1) is 0 Å². The summed E-state index contributed by atoms with van der Waals surface area (Å²) in [6.45, 7) is 4.95. The van der Waals surface area contributed by atoms with E-state index in [2.05, 4.69) is 16.0 Å². The van der Waals surface area contributed by atoms with Crippen LogP contribution < -0.4 is 16.0 Å². The molecule has 4 nitrogen and oxygen atoms in total. The first-order chi connectivity index (χ1) is 8.74. The summed E-state index contributed by atoms with van der Waals surface area (Å²) in [6, 6.07) is 7.69. The van der Waals surface area contributed by atoms with E-state index in [1.54, 1.807) is 0 Å². The fourth-order valence-electron chi connectivity index (χ4n) is 2.25. The fourth-order valence-corrected chi connectivity index (χ4v) is 2.25. The minimum atomic E-state index is -0.119. The summed E-state index contributed by atoms with van der Waals surface area (Å²) in [4.78, 5) is 11.7. The van der Waals surface area contributed by atoms with E-state index in [1.165, 1.54) is 6.42 Å². The molecule has 0 spiro atoms. The lowest BCUT2D eigenvalue weighted by Gasteiger charge is -2.10.